The smallest absolute Gasteiger partial charge is 0.159 e. The number of hydrogen-bond acceptors (Lipinski definition) is 4. The van der Waals surface area contributed by atoms with Crippen LogP contribution in [0.15, 0.2) is 209 Å². The topological polar surface area (TPSA) is 54.8 Å². The number of nitrogens with one attached hydrogen (secondary N) is 1. The van der Waals surface area contributed by atoms with E-state index in [0.29, 0.717) is 5.84 Å². The number of benzene rings is 10. The molecule has 5 heteroatoms. The first-order chi connectivity index (χ1) is 29.7. The van der Waals surface area contributed by atoms with Gasteiger partial charge in [0.05, 0.1) is 11.0 Å². The molecule has 60 heavy (non-hydrogen) atoms. The highest BCUT2D eigenvalue weighted by atomic mass is 16.3. The zero-order valence-electron chi connectivity index (χ0n) is 32.3. The summed E-state index contributed by atoms with van der Waals surface area (Å²) in [6, 6.07) is 69.3. The molecule has 0 fully saturated rings. The van der Waals surface area contributed by atoms with Gasteiger partial charge in [-0.1, -0.05) is 146 Å². The van der Waals surface area contributed by atoms with E-state index < -0.39 is 0 Å². The minimum atomic E-state index is -0.388. The summed E-state index contributed by atoms with van der Waals surface area (Å²) >= 11 is 0. The third kappa shape index (κ3) is 5.06. The lowest BCUT2D eigenvalue weighted by Crippen LogP contribution is -2.33. The molecule has 5 nitrogen and oxygen atoms in total. The van der Waals surface area contributed by atoms with Gasteiger partial charge in [-0.05, 0) is 85.6 Å². The molecule has 0 spiro atoms. The zero-order chi connectivity index (χ0) is 39.3. The van der Waals surface area contributed by atoms with Crippen LogP contribution in [0.2, 0.25) is 0 Å². The van der Waals surface area contributed by atoms with E-state index in [1.165, 1.54) is 54.1 Å². The molecule has 0 saturated heterocycles. The predicted molar refractivity (Wildman–Crippen MR) is 250 cm³/mol. The van der Waals surface area contributed by atoms with Gasteiger partial charge in [-0.15, -0.1) is 0 Å². The van der Waals surface area contributed by atoms with E-state index in [1.54, 1.807) is 0 Å². The van der Waals surface area contributed by atoms with Gasteiger partial charge in [-0.2, -0.15) is 0 Å². The van der Waals surface area contributed by atoms with Crippen LogP contribution < -0.4 is 5.32 Å². The number of nitrogens with zero attached hydrogens (tertiary/aromatic N) is 3. The molecule has 2 aromatic heterocycles. The van der Waals surface area contributed by atoms with Crippen molar-refractivity contribution in [3.63, 3.8) is 0 Å². The first-order valence-electron chi connectivity index (χ1n) is 20.4. The third-order valence-electron chi connectivity index (χ3n) is 12.4. The zero-order valence-corrected chi connectivity index (χ0v) is 32.3. The third-order valence-corrected chi connectivity index (χ3v) is 12.4. The average Bonchev–Trinajstić information content (AvgIpc) is 3.86. The molecule has 0 radical (unpaired) electrons. The summed E-state index contributed by atoms with van der Waals surface area (Å²) in [5, 5.41) is 18.0. The van der Waals surface area contributed by atoms with Gasteiger partial charge in [0.1, 0.15) is 23.2 Å². The van der Waals surface area contributed by atoms with Crippen LogP contribution in [0.5, 0.6) is 0 Å². The van der Waals surface area contributed by atoms with E-state index in [-0.39, 0.29) is 6.17 Å². The van der Waals surface area contributed by atoms with E-state index in [1.807, 2.05) is 0 Å². The minimum Gasteiger partial charge on any atom is -0.456 e. The number of fused-ring (bicyclic) bond motifs is 12. The Balaban J connectivity index is 0.946. The molecule has 13 rings (SSSR count). The Morgan fingerprint density at radius 3 is 1.63 bits per heavy atom. The molecule has 0 amide bonds. The molecule has 1 aliphatic heterocycles. The highest BCUT2D eigenvalue weighted by Crippen LogP contribution is 2.42. The van der Waals surface area contributed by atoms with Crippen LogP contribution in [0.3, 0.4) is 0 Å². The first-order valence-corrected chi connectivity index (χ1v) is 20.4. The monoisotopic (exact) mass is 766 g/mol. The van der Waals surface area contributed by atoms with E-state index in [2.05, 4.69) is 204 Å². The van der Waals surface area contributed by atoms with Crippen molar-refractivity contribution in [1.82, 2.24) is 9.88 Å². The molecule has 1 unspecified atom stereocenters. The van der Waals surface area contributed by atoms with Crippen LogP contribution in [-0.4, -0.2) is 16.2 Å². The highest BCUT2D eigenvalue weighted by molar-refractivity contribution is 6.28. The van der Waals surface area contributed by atoms with Crippen LogP contribution in [-0.2, 0) is 0 Å². The molecular formula is C55H34N4O. The van der Waals surface area contributed by atoms with Crippen LogP contribution in [0, 0.1) is 0 Å². The van der Waals surface area contributed by atoms with E-state index in [9.17, 15) is 0 Å². The molecule has 0 bridgehead atoms. The van der Waals surface area contributed by atoms with Crippen molar-refractivity contribution in [2.24, 2.45) is 9.98 Å². The number of aromatic nitrogens is 1. The Kier molecular flexibility index (Phi) is 7.01. The summed E-state index contributed by atoms with van der Waals surface area (Å²) in [4.78, 5) is 10.4. The van der Waals surface area contributed by atoms with Gasteiger partial charge < -0.3 is 14.3 Å². The first kappa shape index (κ1) is 33.0. The molecule has 1 atom stereocenters. The van der Waals surface area contributed by atoms with Crippen LogP contribution in [0.1, 0.15) is 22.9 Å². The van der Waals surface area contributed by atoms with Crippen molar-refractivity contribution in [3.05, 3.63) is 211 Å². The quantitative estimate of drug-likeness (QED) is 0.194. The molecule has 280 valence electrons. The van der Waals surface area contributed by atoms with E-state index in [4.69, 9.17) is 14.4 Å². The fraction of sp³-hybridized carbons (Fsp3) is 0.0182. The molecule has 10 aromatic carbocycles. The maximum absolute atomic E-state index is 6.79. The summed E-state index contributed by atoms with van der Waals surface area (Å²) in [6.45, 7) is 0. The van der Waals surface area contributed by atoms with Crippen molar-refractivity contribution in [2.75, 3.05) is 0 Å². The maximum Gasteiger partial charge on any atom is 0.159 e. The number of furan rings is 1. The van der Waals surface area contributed by atoms with Gasteiger partial charge >= 0.3 is 0 Å². The predicted octanol–water partition coefficient (Wildman–Crippen LogP) is 13.8. The highest BCUT2D eigenvalue weighted by Gasteiger charge is 2.23. The average molecular weight is 767 g/mol. The Morgan fingerprint density at radius 1 is 0.433 bits per heavy atom. The van der Waals surface area contributed by atoms with Crippen molar-refractivity contribution in [3.8, 4) is 5.69 Å². The normalized spacial score (nSPS) is 14.5. The number of aliphatic imine (C=N–C) groups is 2. The number of rotatable bonds is 4. The summed E-state index contributed by atoms with van der Waals surface area (Å²) in [5.74, 6) is 1.47. The summed E-state index contributed by atoms with van der Waals surface area (Å²) in [7, 11) is 0. The summed E-state index contributed by atoms with van der Waals surface area (Å²) in [6.07, 6.45) is -0.388. The largest absolute Gasteiger partial charge is 0.456 e. The summed E-state index contributed by atoms with van der Waals surface area (Å²) < 4.78 is 9.18. The number of hydrogen-bond donors (Lipinski definition) is 1. The van der Waals surface area contributed by atoms with Gasteiger partial charge in [0, 0.05) is 50.0 Å². The van der Waals surface area contributed by atoms with Gasteiger partial charge in [-0.25, -0.2) is 9.98 Å². The number of amidine groups is 2. The maximum atomic E-state index is 6.79. The van der Waals surface area contributed by atoms with Crippen molar-refractivity contribution < 1.29 is 4.42 Å². The van der Waals surface area contributed by atoms with Gasteiger partial charge in [0.15, 0.2) is 5.84 Å². The Labute approximate surface area is 344 Å². The Bertz CT molecular complexity index is 3740. The molecule has 3 heterocycles. The lowest BCUT2D eigenvalue weighted by Gasteiger charge is -2.24. The molecular weight excluding hydrogens is 733 g/mol. The van der Waals surface area contributed by atoms with Crippen molar-refractivity contribution >= 4 is 98.5 Å². The van der Waals surface area contributed by atoms with Crippen molar-refractivity contribution in [1.29, 1.82) is 0 Å². The minimum absolute atomic E-state index is 0.388. The second-order valence-corrected chi connectivity index (χ2v) is 15.8. The molecule has 1 N–H and O–H groups in total. The van der Waals surface area contributed by atoms with Crippen LogP contribution in [0.4, 0.5) is 0 Å². The van der Waals surface area contributed by atoms with Gasteiger partial charge in [0.2, 0.25) is 0 Å². The van der Waals surface area contributed by atoms with Gasteiger partial charge in [-0.3, -0.25) is 0 Å². The summed E-state index contributed by atoms with van der Waals surface area (Å²) in [5.41, 5.74) is 8.04. The fourth-order valence-electron chi connectivity index (χ4n) is 9.48. The van der Waals surface area contributed by atoms with Crippen molar-refractivity contribution in [2.45, 2.75) is 6.17 Å². The van der Waals surface area contributed by atoms with Crippen LogP contribution in [0.25, 0.3) is 92.5 Å². The van der Waals surface area contributed by atoms with E-state index >= 15 is 0 Å². The molecule has 0 saturated carbocycles. The Morgan fingerprint density at radius 2 is 0.967 bits per heavy atom. The fourth-order valence-corrected chi connectivity index (χ4v) is 9.48. The Hall–Kier alpha value is -8.02. The second-order valence-electron chi connectivity index (χ2n) is 15.8. The molecule has 12 aromatic rings. The second kappa shape index (κ2) is 12.7. The SMILES string of the molecule is c1ccc2cc(C3=NC(c4ccc5c(c4)oc4cc(-n6c7ccc8ccccc8c7c7c8ccccc8ccc76)ccc45)NC(c4ccc5ccccc5c4)=N3)ccc2c1. The molecule has 1 aliphatic rings. The molecule has 0 aliphatic carbocycles. The van der Waals surface area contributed by atoms with Crippen LogP contribution >= 0.6 is 0 Å². The van der Waals surface area contributed by atoms with E-state index in [0.717, 1.165) is 60.9 Å². The lowest BCUT2D eigenvalue weighted by atomic mass is 10.00. The lowest BCUT2D eigenvalue weighted by molar-refractivity contribution is 0.655. The standard InChI is InChI=1S/C55H34N4O/c1-3-13-37-29-39(19-17-33(37)9-1)53-56-54(40-20-18-34-10-2-4-14-38(34)30-40)58-55(57-53)41-21-25-45-46-26-24-42(32-50(46)60-49(45)31-41)59-47-27-22-35-11-5-7-15-43(35)51(47)52-44-16-8-6-12-36(44)23-28-48(52)59/h1-32,55H,(H,56,57,58). The van der Waals surface area contributed by atoms with Gasteiger partial charge in [0.25, 0.3) is 0 Å².